The van der Waals surface area contributed by atoms with Crippen molar-refractivity contribution in [1.29, 1.82) is 0 Å². The maximum atomic E-state index is 13.8. The molecule has 0 aliphatic carbocycles. The number of ether oxygens (including phenoxy) is 2. The predicted molar refractivity (Wildman–Crippen MR) is 133 cm³/mol. The monoisotopic (exact) mass is 496 g/mol. The molecule has 3 aromatic rings. The number of hydrogen-bond acceptors (Lipinski definition) is 7. The summed E-state index contributed by atoms with van der Waals surface area (Å²) >= 11 is 7.77. The van der Waals surface area contributed by atoms with Gasteiger partial charge in [-0.1, -0.05) is 60.1 Å². The molecule has 2 aromatic carbocycles. The third-order valence-electron chi connectivity index (χ3n) is 6.33. The summed E-state index contributed by atoms with van der Waals surface area (Å²) in [6.07, 6.45) is 0. The van der Waals surface area contributed by atoms with Crippen molar-refractivity contribution in [2.24, 2.45) is 0 Å². The van der Waals surface area contributed by atoms with Crippen LogP contribution in [-0.4, -0.2) is 37.2 Å². The number of carbonyl (C=O) groups is 2. The van der Waals surface area contributed by atoms with Crippen LogP contribution in [0.15, 0.2) is 71.2 Å². The van der Waals surface area contributed by atoms with Gasteiger partial charge >= 0.3 is 11.9 Å². The van der Waals surface area contributed by atoms with Crippen LogP contribution in [0.3, 0.4) is 0 Å². The Morgan fingerprint density at radius 2 is 1.74 bits per heavy atom. The second-order valence-electron chi connectivity index (χ2n) is 8.12. The minimum atomic E-state index is -1.33. The fourth-order valence-electron chi connectivity index (χ4n) is 4.78. The molecule has 34 heavy (non-hydrogen) atoms. The van der Waals surface area contributed by atoms with Crippen LogP contribution in [0, 0.1) is 0 Å². The number of hydrogen-bond donors (Lipinski definition) is 1. The zero-order chi connectivity index (χ0) is 24.5. The Hall–Kier alpha value is -3.16. The fraction of sp³-hybridized carbons (Fsp3) is 0.269. The van der Waals surface area contributed by atoms with Crippen LogP contribution in [0.2, 0.25) is 5.02 Å². The Balaban J connectivity index is 2.02. The second kappa shape index (κ2) is 9.60. The fourth-order valence-corrected chi connectivity index (χ4v) is 6.14. The van der Waals surface area contributed by atoms with Gasteiger partial charge in [-0.15, -0.1) is 11.3 Å². The number of allylic oxidation sites excluding steroid dienone is 1. The Morgan fingerprint density at radius 3 is 2.38 bits per heavy atom. The first-order valence-electron chi connectivity index (χ1n) is 10.8. The lowest BCUT2D eigenvalue weighted by molar-refractivity contribution is -0.150. The van der Waals surface area contributed by atoms with E-state index in [4.69, 9.17) is 26.1 Å². The lowest BCUT2D eigenvalue weighted by atomic mass is 9.62. The van der Waals surface area contributed by atoms with Gasteiger partial charge in [-0.05, 0) is 25.5 Å². The highest BCUT2D eigenvalue weighted by Gasteiger charge is 2.60. The first-order chi connectivity index (χ1) is 16.4. The summed E-state index contributed by atoms with van der Waals surface area (Å²) in [4.78, 5) is 31.7. The van der Waals surface area contributed by atoms with Crippen molar-refractivity contribution in [1.82, 2.24) is 10.3 Å². The van der Waals surface area contributed by atoms with Crippen LogP contribution in [0.25, 0.3) is 11.3 Å². The normalized spacial score (nSPS) is 22.1. The minimum Gasteiger partial charge on any atom is -0.468 e. The van der Waals surface area contributed by atoms with Gasteiger partial charge in [0.25, 0.3) is 0 Å². The van der Waals surface area contributed by atoms with Crippen LogP contribution >= 0.6 is 22.9 Å². The number of thiazole rings is 1. The summed E-state index contributed by atoms with van der Waals surface area (Å²) in [7, 11) is 2.69. The van der Waals surface area contributed by atoms with Crippen LogP contribution in [0.1, 0.15) is 30.3 Å². The SMILES string of the molecule is COC(=O)C1=C(C)NC(C)C(C(=O)OC)(c2nc(-c3ccccc3Cl)cs2)C1c1ccccc1. The van der Waals surface area contributed by atoms with Gasteiger partial charge in [-0.25, -0.2) is 9.78 Å². The van der Waals surface area contributed by atoms with E-state index in [9.17, 15) is 9.59 Å². The summed E-state index contributed by atoms with van der Waals surface area (Å²) < 4.78 is 10.5. The molecule has 0 amide bonds. The topological polar surface area (TPSA) is 77.5 Å². The van der Waals surface area contributed by atoms with Gasteiger partial charge in [-0.2, -0.15) is 0 Å². The molecule has 1 aliphatic heterocycles. The van der Waals surface area contributed by atoms with E-state index in [1.165, 1.54) is 25.6 Å². The number of methoxy groups -OCH3 is 2. The van der Waals surface area contributed by atoms with Crippen LogP contribution in [-0.2, 0) is 24.5 Å². The molecule has 2 heterocycles. The zero-order valence-electron chi connectivity index (χ0n) is 19.3. The van der Waals surface area contributed by atoms with E-state index in [-0.39, 0.29) is 0 Å². The molecule has 0 bridgehead atoms. The first kappa shape index (κ1) is 24.0. The largest absolute Gasteiger partial charge is 0.468 e. The molecule has 0 fully saturated rings. The minimum absolute atomic E-state index is 0.367. The van der Waals surface area contributed by atoms with Crippen LogP contribution in [0.4, 0.5) is 0 Å². The van der Waals surface area contributed by atoms with E-state index in [2.05, 4.69) is 5.32 Å². The standard InChI is InChI=1S/C26H25ClN2O4S/c1-15-21(23(30)32-3)22(17-10-6-5-7-11-17)26(16(2)28-15,25(31)33-4)24-29-20(14-34-24)18-12-8-9-13-19(18)27/h5-14,16,22,28H,1-4H3. The van der Waals surface area contributed by atoms with E-state index in [0.717, 1.165) is 11.1 Å². The van der Waals surface area contributed by atoms with E-state index in [1.54, 1.807) is 6.07 Å². The number of esters is 2. The number of nitrogens with zero attached hydrogens (tertiary/aromatic N) is 1. The second-order valence-corrected chi connectivity index (χ2v) is 9.38. The molecular weight excluding hydrogens is 472 g/mol. The molecular formula is C26H25ClN2O4S. The number of carbonyl (C=O) groups excluding carboxylic acids is 2. The number of benzene rings is 2. The van der Waals surface area contributed by atoms with Gasteiger partial charge in [-0.3, -0.25) is 4.79 Å². The van der Waals surface area contributed by atoms with Gasteiger partial charge in [0.05, 0.1) is 25.5 Å². The molecule has 4 rings (SSSR count). The number of halogens is 1. The van der Waals surface area contributed by atoms with E-state index in [1.807, 2.05) is 67.8 Å². The Kier molecular flexibility index (Phi) is 6.77. The summed E-state index contributed by atoms with van der Waals surface area (Å²) in [5, 5.41) is 6.29. The number of aromatic nitrogens is 1. The molecule has 0 saturated carbocycles. The van der Waals surface area contributed by atoms with Gasteiger partial charge in [0.15, 0.2) is 5.41 Å². The lowest BCUT2D eigenvalue weighted by Crippen LogP contribution is -2.60. The molecule has 3 unspecified atom stereocenters. The van der Waals surface area contributed by atoms with Gasteiger partial charge < -0.3 is 14.8 Å². The van der Waals surface area contributed by atoms with Crippen molar-refractivity contribution >= 4 is 34.9 Å². The smallest absolute Gasteiger partial charge is 0.336 e. The lowest BCUT2D eigenvalue weighted by Gasteiger charge is -2.46. The summed E-state index contributed by atoms with van der Waals surface area (Å²) in [5.74, 6) is -1.69. The third kappa shape index (κ3) is 3.79. The van der Waals surface area contributed by atoms with Gasteiger partial charge in [0.1, 0.15) is 5.01 Å². The molecule has 1 N–H and O–H groups in total. The summed E-state index contributed by atoms with van der Waals surface area (Å²) in [6, 6.07) is 16.4. The highest BCUT2D eigenvalue weighted by molar-refractivity contribution is 7.10. The quantitative estimate of drug-likeness (QED) is 0.495. The summed E-state index contributed by atoms with van der Waals surface area (Å²) in [5.41, 5.74) is 1.89. The molecule has 0 saturated heterocycles. The van der Waals surface area contributed by atoms with Gasteiger partial charge in [0, 0.05) is 33.6 Å². The van der Waals surface area contributed by atoms with Crippen molar-refractivity contribution in [2.75, 3.05) is 14.2 Å². The van der Waals surface area contributed by atoms with E-state index < -0.39 is 29.3 Å². The molecule has 1 aliphatic rings. The maximum Gasteiger partial charge on any atom is 0.336 e. The number of nitrogens with one attached hydrogen (secondary N) is 1. The van der Waals surface area contributed by atoms with Crippen molar-refractivity contribution < 1.29 is 19.1 Å². The van der Waals surface area contributed by atoms with E-state index in [0.29, 0.717) is 27.0 Å². The maximum absolute atomic E-state index is 13.8. The molecule has 3 atom stereocenters. The highest BCUT2D eigenvalue weighted by atomic mass is 35.5. The Morgan fingerprint density at radius 1 is 1.06 bits per heavy atom. The van der Waals surface area contributed by atoms with Crippen molar-refractivity contribution in [3.05, 3.63) is 86.8 Å². The molecule has 0 radical (unpaired) electrons. The Bertz CT molecular complexity index is 1260. The molecule has 1 aromatic heterocycles. The molecule has 0 spiro atoms. The van der Waals surface area contributed by atoms with Crippen LogP contribution in [0.5, 0.6) is 0 Å². The van der Waals surface area contributed by atoms with E-state index >= 15 is 0 Å². The average Bonchev–Trinajstić information content (AvgIpc) is 3.34. The Labute approximate surface area is 207 Å². The van der Waals surface area contributed by atoms with Crippen LogP contribution < -0.4 is 5.32 Å². The average molecular weight is 497 g/mol. The predicted octanol–water partition coefficient (Wildman–Crippen LogP) is 5.10. The third-order valence-corrected chi connectivity index (χ3v) is 7.66. The van der Waals surface area contributed by atoms with Gasteiger partial charge in [0.2, 0.25) is 0 Å². The van der Waals surface area contributed by atoms with Crippen molar-refractivity contribution in [2.45, 2.75) is 31.2 Å². The molecule has 8 heteroatoms. The molecule has 176 valence electrons. The summed E-state index contributed by atoms with van der Waals surface area (Å²) in [6.45, 7) is 3.72. The number of rotatable bonds is 5. The van der Waals surface area contributed by atoms with Crippen molar-refractivity contribution in [3.63, 3.8) is 0 Å². The first-order valence-corrected chi connectivity index (χ1v) is 12.0. The highest BCUT2D eigenvalue weighted by Crippen LogP contribution is 2.52. The molecule has 6 nitrogen and oxygen atoms in total. The van der Waals surface area contributed by atoms with Crippen molar-refractivity contribution in [3.8, 4) is 11.3 Å². The zero-order valence-corrected chi connectivity index (χ0v) is 20.9.